The van der Waals surface area contributed by atoms with E-state index in [-0.39, 0.29) is 41.8 Å². The van der Waals surface area contributed by atoms with Crippen LogP contribution in [0, 0.1) is 11.2 Å². The fraction of sp³-hybridized carbons (Fsp3) is 0.321. The number of carbonyl (C=O) groups excluding carboxylic acids is 1. The summed E-state index contributed by atoms with van der Waals surface area (Å²) >= 11 is 1.45. The van der Waals surface area contributed by atoms with Crippen LogP contribution in [0.1, 0.15) is 47.8 Å². The first-order chi connectivity index (χ1) is 18.0. The highest BCUT2D eigenvalue weighted by Gasteiger charge is 2.33. The molecule has 0 saturated heterocycles. The third-order valence-electron chi connectivity index (χ3n) is 6.29. The lowest BCUT2D eigenvalue weighted by molar-refractivity contribution is -0.139. The number of nitrogens with one attached hydrogen (secondary N) is 1. The number of rotatable bonds is 9. The summed E-state index contributed by atoms with van der Waals surface area (Å²) in [5.41, 5.74) is 1.85. The van der Waals surface area contributed by atoms with Crippen molar-refractivity contribution in [2.24, 2.45) is 0 Å². The topological polar surface area (TPSA) is 109 Å². The van der Waals surface area contributed by atoms with Gasteiger partial charge in [0, 0.05) is 28.1 Å². The van der Waals surface area contributed by atoms with E-state index in [0.717, 1.165) is 4.88 Å². The summed E-state index contributed by atoms with van der Waals surface area (Å²) < 4.78 is 31.3. The maximum Gasteiger partial charge on any atom is 0.341 e. The number of thiophene rings is 1. The van der Waals surface area contributed by atoms with Gasteiger partial charge in [0.25, 0.3) is 0 Å². The maximum atomic E-state index is 15.2. The Hall–Kier alpha value is -3.92. The van der Waals surface area contributed by atoms with Gasteiger partial charge in [0.05, 0.1) is 26.3 Å². The van der Waals surface area contributed by atoms with Gasteiger partial charge in [-0.05, 0) is 40.6 Å². The number of nitrogens with zero attached hydrogens (tertiary/aromatic N) is 1. The van der Waals surface area contributed by atoms with E-state index in [1.807, 2.05) is 38.3 Å². The summed E-state index contributed by atoms with van der Waals surface area (Å²) in [5, 5.41) is 19.7. The molecule has 3 aromatic rings. The van der Waals surface area contributed by atoms with Gasteiger partial charge in [-0.1, -0.05) is 26.8 Å². The highest BCUT2D eigenvalue weighted by Crippen LogP contribution is 2.43. The van der Waals surface area contributed by atoms with E-state index in [1.54, 1.807) is 18.2 Å². The molecule has 0 spiro atoms. The molecule has 0 amide bonds. The Kier molecular flexibility index (Phi) is 7.46. The Bertz CT molecular complexity index is 1410. The van der Waals surface area contributed by atoms with E-state index < -0.39 is 23.8 Å². The lowest BCUT2D eigenvalue weighted by Gasteiger charge is -2.26. The molecule has 2 N–H and O–H groups in total. The predicted octanol–water partition coefficient (Wildman–Crippen LogP) is 5.36. The highest BCUT2D eigenvalue weighted by atomic mass is 32.1. The lowest BCUT2D eigenvalue weighted by Crippen LogP contribution is -2.30. The first kappa shape index (κ1) is 27.1. The van der Waals surface area contributed by atoms with Crippen LogP contribution in [0.3, 0.4) is 0 Å². The van der Waals surface area contributed by atoms with Crippen LogP contribution in [0.5, 0.6) is 17.2 Å². The van der Waals surface area contributed by atoms with Crippen LogP contribution in [-0.4, -0.2) is 55.0 Å². The molecule has 1 aliphatic rings. The number of carboxylic acid groups (broad SMARTS) is 1. The number of aliphatic carboxylic acids is 1. The van der Waals surface area contributed by atoms with Gasteiger partial charge < -0.3 is 24.2 Å². The average Bonchev–Trinajstić information content (AvgIpc) is 3.50. The minimum atomic E-state index is -1.10. The second-order valence-corrected chi connectivity index (χ2v) is 10.8. The molecule has 38 heavy (non-hydrogen) atoms. The van der Waals surface area contributed by atoms with Gasteiger partial charge in [-0.25, -0.2) is 9.18 Å². The maximum absolute atomic E-state index is 15.2. The number of amidine groups is 1. The van der Waals surface area contributed by atoms with Gasteiger partial charge in [-0.2, -0.15) is 0 Å². The minimum absolute atomic E-state index is 0.0857. The summed E-state index contributed by atoms with van der Waals surface area (Å²) in [6, 6.07) is 8.78. The fourth-order valence-corrected chi connectivity index (χ4v) is 5.21. The molecule has 10 heteroatoms. The smallest absolute Gasteiger partial charge is 0.341 e. The Balaban J connectivity index is 1.72. The molecule has 0 bridgehead atoms. The van der Waals surface area contributed by atoms with Crippen LogP contribution < -0.4 is 14.2 Å². The van der Waals surface area contributed by atoms with Crippen molar-refractivity contribution in [1.82, 2.24) is 4.90 Å². The molecule has 0 atom stereocenters. The quantitative estimate of drug-likeness (QED) is 0.352. The second kappa shape index (κ2) is 10.4. The Morgan fingerprint density at radius 2 is 1.89 bits per heavy atom. The van der Waals surface area contributed by atoms with Crippen molar-refractivity contribution in [1.29, 1.82) is 5.41 Å². The van der Waals surface area contributed by atoms with Crippen LogP contribution in [0.25, 0.3) is 10.4 Å². The van der Waals surface area contributed by atoms with Gasteiger partial charge in [-0.15, -0.1) is 11.3 Å². The van der Waals surface area contributed by atoms with E-state index in [1.165, 1.54) is 30.5 Å². The first-order valence-electron chi connectivity index (χ1n) is 11.8. The lowest BCUT2D eigenvalue weighted by atomic mass is 9.83. The molecule has 0 aliphatic carbocycles. The third kappa shape index (κ3) is 5.08. The second-order valence-electron chi connectivity index (χ2n) is 9.90. The van der Waals surface area contributed by atoms with Crippen molar-refractivity contribution in [2.75, 3.05) is 27.4 Å². The van der Waals surface area contributed by atoms with E-state index in [0.29, 0.717) is 28.0 Å². The zero-order chi connectivity index (χ0) is 27.8. The molecule has 200 valence electrons. The van der Waals surface area contributed by atoms with Crippen LogP contribution in [0.2, 0.25) is 0 Å². The molecule has 4 rings (SSSR count). The summed E-state index contributed by atoms with van der Waals surface area (Å²) in [6.07, 6.45) is 0. The molecular formula is C28H29FN2O6S. The summed E-state index contributed by atoms with van der Waals surface area (Å²) in [5.74, 6) is -1.63. The van der Waals surface area contributed by atoms with Gasteiger partial charge in [0.15, 0.2) is 29.7 Å². The van der Waals surface area contributed by atoms with Crippen molar-refractivity contribution >= 4 is 28.9 Å². The number of carbonyl (C=O) groups is 2. The monoisotopic (exact) mass is 540 g/mol. The van der Waals surface area contributed by atoms with Crippen LogP contribution in [-0.2, 0) is 16.8 Å². The molecule has 0 saturated carbocycles. The largest absolute Gasteiger partial charge is 0.493 e. The molecule has 1 aliphatic heterocycles. The van der Waals surface area contributed by atoms with E-state index in [4.69, 9.17) is 19.6 Å². The van der Waals surface area contributed by atoms with Crippen molar-refractivity contribution in [3.8, 4) is 27.7 Å². The molecule has 2 heterocycles. The van der Waals surface area contributed by atoms with Crippen molar-refractivity contribution in [3.63, 3.8) is 0 Å². The summed E-state index contributed by atoms with van der Waals surface area (Å²) in [7, 11) is 2.74. The van der Waals surface area contributed by atoms with Crippen molar-refractivity contribution in [3.05, 3.63) is 63.8 Å². The molecule has 8 nitrogen and oxygen atoms in total. The number of hydrogen-bond donors (Lipinski definition) is 2. The van der Waals surface area contributed by atoms with E-state index >= 15 is 4.39 Å². The number of methoxy groups -OCH3 is 2. The fourth-order valence-electron chi connectivity index (χ4n) is 4.47. The average molecular weight is 541 g/mol. The number of ketones is 1. The standard InChI is InChI=1S/C28H29FN2O6S/c1-28(2,3)18-10-15(9-17(21-7-6-8-38-21)25(18)37-14-22(33)34)19(32)13-31-12-16-11-20(35-4)26(36-5)24(29)23(16)27(31)30/h6-11,30H,12-14H2,1-5H3,(H,33,34). The number of benzene rings is 2. The first-order valence-corrected chi connectivity index (χ1v) is 12.7. The summed E-state index contributed by atoms with van der Waals surface area (Å²) in [6.45, 7) is 5.37. The van der Waals surface area contributed by atoms with Crippen LogP contribution >= 0.6 is 11.3 Å². The number of ether oxygens (including phenoxy) is 3. The minimum Gasteiger partial charge on any atom is -0.493 e. The Labute approximate surface area is 224 Å². The number of fused-ring (bicyclic) bond motifs is 1. The predicted molar refractivity (Wildman–Crippen MR) is 143 cm³/mol. The van der Waals surface area contributed by atoms with E-state index in [2.05, 4.69) is 0 Å². The molecule has 0 fully saturated rings. The van der Waals surface area contributed by atoms with Gasteiger partial charge in [0.1, 0.15) is 11.6 Å². The van der Waals surface area contributed by atoms with E-state index in [9.17, 15) is 14.7 Å². The van der Waals surface area contributed by atoms with Gasteiger partial charge >= 0.3 is 5.97 Å². The number of halogens is 1. The Morgan fingerprint density at radius 1 is 1.16 bits per heavy atom. The molecule has 2 aromatic carbocycles. The van der Waals surface area contributed by atoms with Crippen LogP contribution in [0.15, 0.2) is 35.7 Å². The third-order valence-corrected chi connectivity index (χ3v) is 7.19. The SMILES string of the molecule is COc1cc2c(c(F)c1OC)C(=N)N(CC(=O)c1cc(-c3cccs3)c(OCC(=O)O)c(C(C)(C)C)c1)C2. The zero-order valence-electron chi connectivity index (χ0n) is 21.8. The molecular weight excluding hydrogens is 511 g/mol. The Morgan fingerprint density at radius 3 is 2.47 bits per heavy atom. The number of hydrogen-bond acceptors (Lipinski definition) is 7. The number of carboxylic acids is 1. The zero-order valence-corrected chi connectivity index (χ0v) is 22.6. The molecule has 0 unspecified atom stereocenters. The molecule has 1 aromatic heterocycles. The summed E-state index contributed by atoms with van der Waals surface area (Å²) in [4.78, 5) is 27.2. The van der Waals surface area contributed by atoms with Gasteiger partial charge in [0.2, 0.25) is 0 Å². The van der Waals surface area contributed by atoms with Crippen molar-refractivity contribution in [2.45, 2.75) is 32.7 Å². The van der Waals surface area contributed by atoms with Crippen LogP contribution in [0.4, 0.5) is 4.39 Å². The molecule has 0 radical (unpaired) electrons. The highest BCUT2D eigenvalue weighted by molar-refractivity contribution is 7.13. The van der Waals surface area contributed by atoms with Gasteiger partial charge in [-0.3, -0.25) is 10.2 Å². The van der Waals surface area contributed by atoms with Crippen molar-refractivity contribution < 1.29 is 33.3 Å². The number of Topliss-reactive ketones (excluding diaryl/α,β-unsaturated/α-hetero) is 1. The normalized spacial score (nSPS) is 12.9.